The molecule has 0 bridgehead atoms. The average molecular weight is 410 g/mol. The summed E-state index contributed by atoms with van der Waals surface area (Å²) in [6.07, 6.45) is 0. The monoisotopic (exact) mass is 409 g/mol. The van der Waals surface area contributed by atoms with Gasteiger partial charge in [-0.25, -0.2) is 4.68 Å². The van der Waals surface area contributed by atoms with E-state index in [1.165, 1.54) is 22.0 Å². The van der Waals surface area contributed by atoms with Crippen LogP contribution in [0.4, 0.5) is 5.69 Å². The van der Waals surface area contributed by atoms with Gasteiger partial charge in [-0.1, -0.05) is 75.0 Å². The minimum absolute atomic E-state index is 0.0275. The molecule has 152 valence electrons. The van der Waals surface area contributed by atoms with E-state index in [4.69, 9.17) is 5.84 Å². The van der Waals surface area contributed by atoms with Crippen LogP contribution in [-0.2, 0) is 10.2 Å². The zero-order chi connectivity index (χ0) is 21.2. The fourth-order valence-electron chi connectivity index (χ4n) is 2.93. The largest absolute Gasteiger partial charge is 0.335 e. The van der Waals surface area contributed by atoms with Gasteiger partial charge in [0.25, 0.3) is 0 Å². The first-order valence-corrected chi connectivity index (χ1v) is 10.4. The quantitative estimate of drug-likeness (QED) is 0.507. The van der Waals surface area contributed by atoms with Gasteiger partial charge >= 0.3 is 0 Å². The Balaban J connectivity index is 1.75. The lowest BCUT2D eigenvalue weighted by Gasteiger charge is -2.20. The predicted octanol–water partition coefficient (Wildman–Crippen LogP) is 4.10. The van der Waals surface area contributed by atoms with E-state index in [-0.39, 0.29) is 16.6 Å². The van der Waals surface area contributed by atoms with Gasteiger partial charge in [0.2, 0.25) is 11.1 Å². The fraction of sp³-hybridized carbons (Fsp3) is 0.318. The number of carbonyl (C=O) groups excluding carboxylic acids is 1. The summed E-state index contributed by atoms with van der Waals surface area (Å²) in [6.45, 7) is 8.37. The molecule has 0 saturated carbocycles. The number of carbonyl (C=O) groups is 1. The summed E-state index contributed by atoms with van der Waals surface area (Å²) >= 11 is 1.30. The van der Waals surface area contributed by atoms with Crippen molar-refractivity contribution >= 4 is 23.4 Å². The first-order chi connectivity index (χ1) is 13.7. The van der Waals surface area contributed by atoms with Crippen LogP contribution in [0, 0.1) is 0 Å². The Labute approximate surface area is 176 Å². The summed E-state index contributed by atoms with van der Waals surface area (Å²) in [5, 5.41) is 8.58. The summed E-state index contributed by atoms with van der Waals surface area (Å²) < 4.78 is 1.45. The third-order valence-corrected chi connectivity index (χ3v) is 5.82. The van der Waals surface area contributed by atoms with Crippen molar-refractivity contribution < 1.29 is 4.79 Å². The fourth-order valence-corrected chi connectivity index (χ4v) is 3.80. The number of hydrogen-bond acceptors (Lipinski definition) is 5. The number of thioether (sulfide) groups is 1. The van der Waals surface area contributed by atoms with Gasteiger partial charge < -0.3 is 10.7 Å². The number of nitrogens with two attached hydrogens (primary N) is 1. The maximum absolute atomic E-state index is 12.8. The molecule has 3 aromatic rings. The van der Waals surface area contributed by atoms with Crippen molar-refractivity contribution in [3.8, 4) is 11.4 Å². The second-order valence-corrected chi connectivity index (χ2v) is 9.30. The van der Waals surface area contributed by atoms with Crippen molar-refractivity contribution in [2.45, 2.75) is 43.5 Å². The zero-order valence-electron chi connectivity index (χ0n) is 17.5. The SMILES string of the molecule is CC(Sc1nnc(-c2ccc(C(C)(C)C)cc2)n1N)C(=O)N(C)c1ccccc1. The number of amides is 1. The molecule has 0 spiro atoms. The van der Waals surface area contributed by atoms with E-state index in [1.807, 2.05) is 49.4 Å². The van der Waals surface area contributed by atoms with Crippen LogP contribution in [0.1, 0.15) is 33.3 Å². The number of nitrogens with zero attached hydrogens (tertiary/aromatic N) is 4. The van der Waals surface area contributed by atoms with E-state index in [0.717, 1.165) is 11.3 Å². The molecule has 2 aromatic carbocycles. The van der Waals surface area contributed by atoms with Gasteiger partial charge in [0, 0.05) is 18.3 Å². The third-order valence-electron chi connectivity index (χ3n) is 4.78. The number of para-hydroxylation sites is 1. The van der Waals surface area contributed by atoms with Crippen LogP contribution in [0.5, 0.6) is 0 Å². The molecule has 29 heavy (non-hydrogen) atoms. The molecule has 1 amide bonds. The molecule has 6 nitrogen and oxygen atoms in total. The molecule has 1 atom stereocenters. The van der Waals surface area contributed by atoms with Crippen molar-refractivity contribution in [3.63, 3.8) is 0 Å². The molecule has 7 heteroatoms. The molecule has 0 aliphatic carbocycles. The molecular weight excluding hydrogens is 382 g/mol. The normalized spacial score (nSPS) is 12.6. The molecule has 0 aliphatic rings. The van der Waals surface area contributed by atoms with Crippen LogP contribution >= 0.6 is 11.8 Å². The first-order valence-electron chi connectivity index (χ1n) is 9.49. The lowest BCUT2D eigenvalue weighted by atomic mass is 9.87. The molecule has 1 aromatic heterocycles. The average Bonchev–Trinajstić information content (AvgIpc) is 3.07. The van der Waals surface area contributed by atoms with Gasteiger partial charge in [0.1, 0.15) is 0 Å². The molecule has 0 aliphatic heterocycles. The van der Waals surface area contributed by atoms with Gasteiger partial charge in [0.15, 0.2) is 5.82 Å². The second-order valence-electron chi connectivity index (χ2n) is 8.00. The van der Waals surface area contributed by atoms with Crippen LogP contribution < -0.4 is 10.7 Å². The molecule has 1 heterocycles. The number of nitrogen functional groups attached to an aromatic ring is 1. The highest BCUT2D eigenvalue weighted by Gasteiger charge is 2.23. The number of rotatable bonds is 5. The number of anilines is 1. The molecule has 1 unspecified atom stereocenters. The van der Waals surface area contributed by atoms with E-state index < -0.39 is 0 Å². The molecular formula is C22H27N5OS. The zero-order valence-corrected chi connectivity index (χ0v) is 18.3. The van der Waals surface area contributed by atoms with Crippen molar-refractivity contribution in [1.29, 1.82) is 0 Å². The lowest BCUT2D eigenvalue weighted by Crippen LogP contribution is -2.33. The van der Waals surface area contributed by atoms with Crippen LogP contribution in [0.25, 0.3) is 11.4 Å². The Morgan fingerprint density at radius 3 is 2.28 bits per heavy atom. The van der Waals surface area contributed by atoms with Gasteiger partial charge in [-0.05, 0) is 30.0 Å². The number of benzene rings is 2. The maximum Gasteiger partial charge on any atom is 0.240 e. The number of aromatic nitrogens is 3. The summed E-state index contributed by atoms with van der Waals surface area (Å²) in [6, 6.07) is 17.7. The minimum Gasteiger partial charge on any atom is -0.335 e. The van der Waals surface area contributed by atoms with Gasteiger partial charge in [-0.2, -0.15) is 0 Å². The lowest BCUT2D eigenvalue weighted by molar-refractivity contribution is -0.117. The molecule has 0 fully saturated rings. The maximum atomic E-state index is 12.8. The highest BCUT2D eigenvalue weighted by Crippen LogP contribution is 2.28. The second kappa shape index (κ2) is 8.29. The molecule has 0 saturated heterocycles. The Morgan fingerprint density at radius 1 is 1.07 bits per heavy atom. The summed E-state index contributed by atoms with van der Waals surface area (Å²) in [5.74, 6) is 6.79. The van der Waals surface area contributed by atoms with Gasteiger partial charge in [-0.15, -0.1) is 10.2 Å². The molecule has 0 radical (unpaired) electrons. The summed E-state index contributed by atoms with van der Waals surface area (Å²) in [4.78, 5) is 14.4. The highest BCUT2D eigenvalue weighted by molar-refractivity contribution is 8.00. The Hall–Kier alpha value is -2.80. The van der Waals surface area contributed by atoms with E-state index in [9.17, 15) is 4.79 Å². The van der Waals surface area contributed by atoms with Crippen LogP contribution in [0.3, 0.4) is 0 Å². The van der Waals surface area contributed by atoms with Gasteiger partial charge in [0.05, 0.1) is 5.25 Å². The van der Waals surface area contributed by atoms with Gasteiger partial charge in [-0.3, -0.25) is 4.79 Å². The topological polar surface area (TPSA) is 77.0 Å². The third kappa shape index (κ3) is 4.62. The smallest absolute Gasteiger partial charge is 0.240 e. The standard InChI is InChI=1S/C22H27N5OS/c1-15(20(28)26(5)18-9-7-6-8-10-18)29-21-25-24-19(27(21)23)16-11-13-17(14-12-16)22(2,3)4/h6-15H,23H2,1-5H3. The van der Waals surface area contributed by atoms with Crippen molar-refractivity contribution in [1.82, 2.24) is 14.9 Å². The van der Waals surface area contributed by atoms with Crippen molar-refractivity contribution in [2.24, 2.45) is 0 Å². The number of hydrogen-bond donors (Lipinski definition) is 1. The highest BCUT2D eigenvalue weighted by atomic mass is 32.2. The van der Waals surface area contributed by atoms with Crippen LogP contribution in [0.15, 0.2) is 59.8 Å². The van der Waals surface area contributed by atoms with Crippen LogP contribution in [-0.4, -0.2) is 33.1 Å². The minimum atomic E-state index is -0.358. The van der Waals surface area contributed by atoms with E-state index >= 15 is 0 Å². The van der Waals surface area contributed by atoms with Crippen molar-refractivity contribution in [3.05, 3.63) is 60.2 Å². The Morgan fingerprint density at radius 2 is 1.69 bits per heavy atom. The molecule has 2 N–H and O–H groups in total. The van der Waals surface area contributed by atoms with Crippen molar-refractivity contribution in [2.75, 3.05) is 17.8 Å². The molecule has 3 rings (SSSR count). The van der Waals surface area contributed by atoms with E-state index in [0.29, 0.717) is 11.0 Å². The van der Waals surface area contributed by atoms with E-state index in [2.05, 4.69) is 43.1 Å². The van der Waals surface area contributed by atoms with E-state index in [1.54, 1.807) is 11.9 Å². The Kier molecular flexibility index (Phi) is 5.98. The van der Waals surface area contributed by atoms with Crippen LogP contribution in [0.2, 0.25) is 0 Å². The first kappa shape index (κ1) is 20.9. The Bertz CT molecular complexity index is 977. The summed E-state index contributed by atoms with van der Waals surface area (Å²) in [5.41, 5.74) is 3.05. The predicted molar refractivity (Wildman–Crippen MR) is 119 cm³/mol. The summed E-state index contributed by atoms with van der Waals surface area (Å²) in [7, 11) is 1.77.